The summed E-state index contributed by atoms with van der Waals surface area (Å²) in [6.45, 7) is 1.20. The fraction of sp³-hybridized carbons (Fsp3) is 0.600. The molecule has 2 fully saturated rings. The minimum Gasteiger partial charge on any atom is -0.390 e. The number of nitrogens with two attached hydrogens (primary N) is 1. The number of rotatable bonds is 2. The van der Waals surface area contributed by atoms with Gasteiger partial charge in [-0.25, -0.2) is 9.98 Å². The van der Waals surface area contributed by atoms with Crippen molar-refractivity contribution in [2.45, 2.75) is 43.6 Å². The van der Waals surface area contributed by atoms with E-state index in [4.69, 9.17) is 5.73 Å². The SMILES string of the molecule is CN1CC[C@]2(c3ccc(N=CN)nc3)CCCCC12. The van der Waals surface area contributed by atoms with E-state index in [1.54, 1.807) is 0 Å². The molecule has 2 heterocycles. The lowest BCUT2D eigenvalue weighted by Gasteiger charge is -2.41. The second kappa shape index (κ2) is 4.93. The average molecular weight is 258 g/mol. The minimum atomic E-state index is 0.324. The van der Waals surface area contributed by atoms with E-state index in [0.717, 1.165) is 0 Å². The summed E-state index contributed by atoms with van der Waals surface area (Å²) >= 11 is 0. The summed E-state index contributed by atoms with van der Waals surface area (Å²) in [5, 5.41) is 0. The van der Waals surface area contributed by atoms with E-state index in [2.05, 4.69) is 28.0 Å². The zero-order valence-electron chi connectivity index (χ0n) is 11.5. The standard InChI is InChI=1S/C15H22N4/c1-19-9-8-15(7-3-2-4-13(15)19)12-5-6-14(17-10-12)18-11-16/h5-6,10-11,13H,2-4,7-9H2,1H3,(H2,16,17,18)/t13?,15-/m0/s1. The molecule has 2 N–H and O–H groups in total. The predicted molar refractivity (Wildman–Crippen MR) is 77.8 cm³/mol. The molecule has 1 unspecified atom stereocenters. The van der Waals surface area contributed by atoms with Gasteiger partial charge in [-0.15, -0.1) is 0 Å². The van der Waals surface area contributed by atoms with Gasteiger partial charge < -0.3 is 10.6 Å². The molecule has 2 aliphatic rings. The minimum absolute atomic E-state index is 0.324. The van der Waals surface area contributed by atoms with Gasteiger partial charge in [0.25, 0.3) is 0 Å². The number of likely N-dealkylation sites (N-methyl/N-ethyl adjacent to an activating group) is 1. The molecule has 19 heavy (non-hydrogen) atoms. The number of likely N-dealkylation sites (tertiary alicyclic amines) is 1. The lowest BCUT2D eigenvalue weighted by atomic mass is 9.66. The molecule has 4 nitrogen and oxygen atoms in total. The summed E-state index contributed by atoms with van der Waals surface area (Å²) in [5.41, 5.74) is 7.02. The average Bonchev–Trinajstić information content (AvgIpc) is 2.79. The van der Waals surface area contributed by atoms with Gasteiger partial charge in [0.1, 0.15) is 0 Å². The van der Waals surface area contributed by atoms with Crippen LogP contribution in [0.2, 0.25) is 0 Å². The Morgan fingerprint density at radius 1 is 1.42 bits per heavy atom. The second-order valence-electron chi connectivity index (χ2n) is 5.83. The molecular formula is C15H22N4. The van der Waals surface area contributed by atoms with E-state index in [9.17, 15) is 0 Å². The van der Waals surface area contributed by atoms with Crippen LogP contribution in [0.1, 0.15) is 37.7 Å². The second-order valence-corrected chi connectivity index (χ2v) is 5.83. The predicted octanol–water partition coefficient (Wildman–Crippen LogP) is 2.22. The molecule has 0 spiro atoms. The molecule has 102 valence electrons. The van der Waals surface area contributed by atoms with Gasteiger partial charge in [-0.3, -0.25) is 0 Å². The molecule has 1 aliphatic heterocycles. The highest BCUT2D eigenvalue weighted by Gasteiger charge is 2.48. The molecule has 0 radical (unpaired) electrons. The first-order chi connectivity index (χ1) is 9.26. The molecule has 0 bridgehead atoms. The van der Waals surface area contributed by atoms with Crippen molar-refractivity contribution in [3.8, 4) is 0 Å². The van der Waals surface area contributed by atoms with E-state index < -0.39 is 0 Å². The monoisotopic (exact) mass is 258 g/mol. The Bertz CT molecular complexity index is 464. The van der Waals surface area contributed by atoms with Crippen LogP contribution in [0, 0.1) is 0 Å². The highest BCUT2D eigenvalue weighted by atomic mass is 15.2. The molecule has 3 rings (SSSR count). The quantitative estimate of drug-likeness (QED) is 0.653. The van der Waals surface area contributed by atoms with Crippen LogP contribution in [0.15, 0.2) is 23.3 Å². The fourth-order valence-corrected chi connectivity index (χ4v) is 4.00. The first-order valence-corrected chi connectivity index (χ1v) is 7.17. The molecule has 0 aromatic carbocycles. The van der Waals surface area contributed by atoms with Crippen molar-refractivity contribution in [3.05, 3.63) is 23.9 Å². The van der Waals surface area contributed by atoms with Crippen LogP contribution in [0.4, 0.5) is 5.82 Å². The summed E-state index contributed by atoms with van der Waals surface area (Å²) in [7, 11) is 2.26. The molecule has 1 aliphatic carbocycles. The number of hydrogen-bond donors (Lipinski definition) is 1. The van der Waals surface area contributed by atoms with Gasteiger partial charge in [-0.1, -0.05) is 18.9 Å². The van der Waals surface area contributed by atoms with Gasteiger partial charge >= 0.3 is 0 Å². The summed E-state index contributed by atoms with van der Waals surface area (Å²) in [4.78, 5) is 11.0. The Kier molecular flexibility index (Phi) is 3.27. The van der Waals surface area contributed by atoms with E-state index in [-0.39, 0.29) is 0 Å². The first kappa shape index (κ1) is 12.6. The van der Waals surface area contributed by atoms with Gasteiger partial charge in [-0.2, -0.15) is 0 Å². The number of pyridine rings is 1. The number of aliphatic imine (C=N–C) groups is 1. The fourth-order valence-electron chi connectivity index (χ4n) is 4.00. The van der Waals surface area contributed by atoms with Crippen LogP contribution in [0.3, 0.4) is 0 Å². The highest BCUT2D eigenvalue weighted by Crippen LogP contribution is 2.48. The zero-order chi connectivity index (χ0) is 13.3. The van der Waals surface area contributed by atoms with Gasteiger partial charge in [-0.05, 0) is 44.5 Å². The molecule has 1 aromatic rings. The lowest BCUT2D eigenvalue weighted by molar-refractivity contribution is 0.181. The highest BCUT2D eigenvalue weighted by molar-refractivity contribution is 5.57. The van der Waals surface area contributed by atoms with Gasteiger partial charge in [0, 0.05) is 17.7 Å². The smallest absolute Gasteiger partial charge is 0.153 e. The Labute approximate surface area is 114 Å². The molecule has 1 saturated carbocycles. The first-order valence-electron chi connectivity index (χ1n) is 7.17. The van der Waals surface area contributed by atoms with Crippen molar-refractivity contribution in [3.63, 3.8) is 0 Å². The van der Waals surface area contributed by atoms with Crippen LogP contribution in [0.25, 0.3) is 0 Å². The van der Waals surface area contributed by atoms with Crippen molar-refractivity contribution in [1.29, 1.82) is 0 Å². The topological polar surface area (TPSA) is 54.5 Å². The summed E-state index contributed by atoms with van der Waals surface area (Å²) in [5.74, 6) is 0.696. The summed E-state index contributed by atoms with van der Waals surface area (Å²) in [6.07, 6.45) is 9.89. The van der Waals surface area contributed by atoms with E-state index in [1.165, 1.54) is 50.6 Å². The molecular weight excluding hydrogens is 236 g/mol. The van der Waals surface area contributed by atoms with Crippen LogP contribution >= 0.6 is 0 Å². The van der Waals surface area contributed by atoms with Crippen molar-refractivity contribution in [2.75, 3.05) is 13.6 Å². The van der Waals surface area contributed by atoms with Gasteiger partial charge in [0.05, 0.1) is 6.34 Å². The van der Waals surface area contributed by atoms with Gasteiger partial charge in [0.15, 0.2) is 5.82 Å². The normalized spacial score (nSPS) is 31.7. The molecule has 4 heteroatoms. The zero-order valence-corrected chi connectivity index (χ0v) is 11.5. The van der Waals surface area contributed by atoms with E-state index in [0.29, 0.717) is 17.3 Å². The van der Waals surface area contributed by atoms with Crippen molar-refractivity contribution in [1.82, 2.24) is 9.88 Å². The van der Waals surface area contributed by atoms with E-state index >= 15 is 0 Å². The van der Waals surface area contributed by atoms with Crippen LogP contribution in [-0.2, 0) is 5.41 Å². The van der Waals surface area contributed by atoms with Gasteiger partial charge in [0.2, 0.25) is 0 Å². The van der Waals surface area contributed by atoms with Crippen molar-refractivity contribution >= 4 is 12.2 Å². The summed E-state index contributed by atoms with van der Waals surface area (Å²) < 4.78 is 0. The molecule has 1 saturated heterocycles. The maximum absolute atomic E-state index is 5.31. The van der Waals surface area contributed by atoms with Crippen LogP contribution < -0.4 is 5.73 Å². The molecule has 0 amide bonds. The summed E-state index contributed by atoms with van der Waals surface area (Å²) in [6, 6.07) is 4.87. The van der Waals surface area contributed by atoms with Crippen LogP contribution in [-0.4, -0.2) is 35.9 Å². The largest absolute Gasteiger partial charge is 0.390 e. The number of aromatic nitrogens is 1. The van der Waals surface area contributed by atoms with E-state index in [1.807, 2.05) is 12.3 Å². The third kappa shape index (κ3) is 2.04. The molecule has 1 aromatic heterocycles. The van der Waals surface area contributed by atoms with Crippen molar-refractivity contribution in [2.24, 2.45) is 10.7 Å². The molecule has 2 atom stereocenters. The maximum Gasteiger partial charge on any atom is 0.153 e. The third-order valence-electron chi connectivity index (χ3n) is 4.96. The number of fused-ring (bicyclic) bond motifs is 1. The van der Waals surface area contributed by atoms with Crippen LogP contribution in [0.5, 0.6) is 0 Å². The third-order valence-corrected chi connectivity index (χ3v) is 4.96. The Hall–Kier alpha value is -1.42. The Balaban J connectivity index is 1.94. The number of nitrogens with zero attached hydrogens (tertiary/aromatic N) is 3. The Morgan fingerprint density at radius 3 is 3.05 bits per heavy atom. The van der Waals surface area contributed by atoms with Crippen molar-refractivity contribution < 1.29 is 0 Å². The lowest BCUT2D eigenvalue weighted by Crippen LogP contribution is -2.43. The maximum atomic E-state index is 5.31. The Morgan fingerprint density at radius 2 is 2.32 bits per heavy atom. The number of hydrogen-bond acceptors (Lipinski definition) is 3.